The zero-order valence-electron chi connectivity index (χ0n) is 36.5. The van der Waals surface area contributed by atoms with Crippen LogP contribution in [-0.4, -0.2) is 155 Å². The van der Waals surface area contributed by atoms with Crippen molar-refractivity contribution in [2.75, 3.05) is 21.3 Å². The van der Waals surface area contributed by atoms with Gasteiger partial charge in [-0.3, -0.25) is 4.79 Å². The summed E-state index contributed by atoms with van der Waals surface area (Å²) in [5.74, 6) is -3.60. The van der Waals surface area contributed by atoms with Crippen LogP contribution in [0.3, 0.4) is 0 Å². The van der Waals surface area contributed by atoms with Gasteiger partial charge in [-0.2, -0.15) is 0 Å². The van der Waals surface area contributed by atoms with E-state index < -0.39 is 108 Å². The summed E-state index contributed by atoms with van der Waals surface area (Å²) in [7, 11) is 5.05. The number of rotatable bonds is 8. The second-order valence-electron chi connectivity index (χ2n) is 18.1. The number of carbonyl (C=O) groups excluding carboxylic acids is 1. The highest BCUT2D eigenvalue weighted by molar-refractivity contribution is 5.76. The Morgan fingerprint density at radius 3 is 2.09 bits per heavy atom. The van der Waals surface area contributed by atoms with Gasteiger partial charge in [-0.05, 0) is 80.6 Å². The van der Waals surface area contributed by atoms with Crippen LogP contribution < -0.4 is 0 Å². The minimum Gasteiger partial charge on any atom is -0.459 e. The van der Waals surface area contributed by atoms with Crippen molar-refractivity contribution in [1.29, 1.82) is 0 Å². The molecule has 0 saturated carbocycles. The number of cyclic esters (lactones) is 1. The van der Waals surface area contributed by atoms with Gasteiger partial charge in [-0.1, -0.05) is 27.7 Å². The summed E-state index contributed by atoms with van der Waals surface area (Å²) in [5.41, 5.74) is -4.08. The van der Waals surface area contributed by atoms with Crippen LogP contribution in [0.15, 0.2) is 4.99 Å². The van der Waals surface area contributed by atoms with Crippen LogP contribution in [0.2, 0.25) is 0 Å². The number of methoxy groups -OCH3 is 2. The fourth-order valence-corrected chi connectivity index (χ4v) is 9.44. The van der Waals surface area contributed by atoms with Gasteiger partial charge in [0, 0.05) is 45.6 Å². The van der Waals surface area contributed by atoms with Crippen molar-refractivity contribution in [3.63, 3.8) is 0 Å². The summed E-state index contributed by atoms with van der Waals surface area (Å²) in [4.78, 5) is 21.1. The Bertz CT molecular complexity index is 1340. The normalized spacial score (nSPS) is 49.3. The number of aliphatic hydroxyl groups is 4. The molecule has 0 aromatic rings. The predicted molar refractivity (Wildman–Crippen MR) is 208 cm³/mol. The van der Waals surface area contributed by atoms with Crippen molar-refractivity contribution in [1.82, 2.24) is 4.90 Å². The van der Waals surface area contributed by atoms with Crippen molar-refractivity contribution in [2.45, 2.75) is 205 Å². The summed E-state index contributed by atoms with van der Waals surface area (Å²) in [6, 6.07) is 0.406. The molecular formula is C41H74N2O13. The number of ether oxygens (including phenoxy) is 8. The zero-order chi connectivity index (χ0) is 42.2. The van der Waals surface area contributed by atoms with Crippen molar-refractivity contribution in [2.24, 2.45) is 28.7 Å². The lowest BCUT2D eigenvalue weighted by Gasteiger charge is -2.49. The molecule has 0 spiro atoms. The number of carbonyl (C=O) groups is 1. The van der Waals surface area contributed by atoms with E-state index in [2.05, 4.69) is 0 Å². The minimum absolute atomic E-state index is 0.00325. The van der Waals surface area contributed by atoms with Crippen LogP contribution in [0.25, 0.3) is 0 Å². The molecule has 0 aromatic heterocycles. The Morgan fingerprint density at radius 2 is 1.52 bits per heavy atom. The number of aliphatic imine (C=N–C) groups is 1. The molecule has 0 aromatic carbocycles. The molecule has 0 radical (unpaired) electrons. The first-order valence-corrected chi connectivity index (χ1v) is 20.6. The quantitative estimate of drug-likeness (QED) is 0.262. The lowest BCUT2D eigenvalue weighted by atomic mass is 9.73. The third-order valence-electron chi connectivity index (χ3n) is 13.2. The fourth-order valence-electron chi connectivity index (χ4n) is 9.44. The minimum atomic E-state index is -1.90. The molecule has 0 aliphatic carbocycles. The van der Waals surface area contributed by atoms with E-state index in [0.29, 0.717) is 12.4 Å². The summed E-state index contributed by atoms with van der Waals surface area (Å²) < 4.78 is 51.5. The van der Waals surface area contributed by atoms with Crippen molar-refractivity contribution in [3.05, 3.63) is 0 Å². The first-order valence-electron chi connectivity index (χ1n) is 20.6. The summed E-state index contributed by atoms with van der Waals surface area (Å²) in [5, 5.41) is 46.1. The van der Waals surface area contributed by atoms with E-state index in [1.54, 1.807) is 41.7 Å². The molecule has 15 heteroatoms. The molecule has 4 rings (SSSR count). The van der Waals surface area contributed by atoms with Gasteiger partial charge in [0.25, 0.3) is 6.02 Å². The molecule has 4 N–H and O–H groups in total. The first kappa shape index (κ1) is 47.0. The number of likely N-dealkylation sites (N-methyl/N-ethyl adjacent to an activating group) is 1. The van der Waals surface area contributed by atoms with Crippen LogP contribution in [0.5, 0.6) is 0 Å². The Morgan fingerprint density at radius 1 is 0.893 bits per heavy atom. The standard InChI is InChI=1S/C41H74N2O13/c1-16-28-41(12,48)33(45)23(6)30(44)21(4)18-40(11,50-15)35(56-37-32-27(17-22(5)51-37)43(13)38(55-32)42-20(2)3)24(7)31(25(8)36(47)53-28)54-29-19-39(10,49-14)34(46)26(9)52-29/h20-35,37,44-46,48H,16-19H2,1-15H3/t21-,22-,23+,24+,25-,26+,27+,28-,29+,30+,31?,32-,33?,34+,35-,37+,39-,40-,41-/m1/s1. The number of hydrogen-bond donors (Lipinski definition) is 4. The molecule has 4 aliphatic rings. The average molecular weight is 803 g/mol. The highest BCUT2D eigenvalue weighted by Gasteiger charge is 2.56. The third-order valence-corrected chi connectivity index (χ3v) is 13.2. The fraction of sp³-hybridized carbons (Fsp3) is 0.951. The van der Waals surface area contributed by atoms with Gasteiger partial charge in [-0.25, -0.2) is 4.99 Å². The molecule has 15 nitrogen and oxygen atoms in total. The van der Waals surface area contributed by atoms with E-state index in [4.69, 9.17) is 42.9 Å². The average Bonchev–Trinajstić information content (AvgIpc) is 3.44. The second kappa shape index (κ2) is 18.3. The van der Waals surface area contributed by atoms with E-state index >= 15 is 0 Å². The number of aliphatic hydroxyl groups excluding tert-OH is 3. The summed E-state index contributed by atoms with van der Waals surface area (Å²) in [6.07, 6.45) is -8.40. The maximum absolute atomic E-state index is 14.3. The van der Waals surface area contributed by atoms with Gasteiger partial charge >= 0.3 is 5.97 Å². The highest BCUT2D eigenvalue weighted by Crippen LogP contribution is 2.43. The van der Waals surface area contributed by atoms with Crippen molar-refractivity contribution < 1.29 is 63.1 Å². The Balaban J connectivity index is 1.87. The number of fused-ring (bicyclic) bond motifs is 1. The second-order valence-corrected chi connectivity index (χ2v) is 18.1. The number of hydrogen-bond acceptors (Lipinski definition) is 14. The van der Waals surface area contributed by atoms with Gasteiger partial charge in [0.15, 0.2) is 18.7 Å². The molecule has 4 heterocycles. The van der Waals surface area contributed by atoms with Gasteiger partial charge in [-0.15, -0.1) is 0 Å². The van der Waals surface area contributed by atoms with Crippen LogP contribution in [-0.2, 0) is 42.7 Å². The van der Waals surface area contributed by atoms with E-state index in [-0.39, 0.29) is 37.5 Å². The predicted octanol–water partition coefficient (Wildman–Crippen LogP) is 3.40. The van der Waals surface area contributed by atoms with E-state index in [9.17, 15) is 25.2 Å². The Labute approximate surface area is 334 Å². The molecular weight excluding hydrogens is 728 g/mol. The third kappa shape index (κ3) is 9.53. The maximum atomic E-state index is 14.3. The van der Waals surface area contributed by atoms with Crippen LogP contribution in [0.1, 0.15) is 109 Å². The zero-order valence-corrected chi connectivity index (χ0v) is 36.5. The van der Waals surface area contributed by atoms with Gasteiger partial charge < -0.3 is 63.2 Å². The van der Waals surface area contributed by atoms with Gasteiger partial charge in [0.1, 0.15) is 17.8 Å². The molecule has 4 fully saturated rings. The lowest BCUT2D eigenvalue weighted by molar-refractivity contribution is -0.315. The highest BCUT2D eigenvalue weighted by atomic mass is 16.7. The molecule has 326 valence electrons. The first-order chi connectivity index (χ1) is 26.0. The Kier molecular flexibility index (Phi) is 15.4. The van der Waals surface area contributed by atoms with Crippen molar-refractivity contribution >= 4 is 12.0 Å². The summed E-state index contributed by atoms with van der Waals surface area (Å²) >= 11 is 0. The molecule has 0 amide bonds. The number of nitrogens with zero attached hydrogens (tertiary/aromatic N) is 2. The molecule has 56 heavy (non-hydrogen) atoms. The molecule has 2 unspecified atom stereocenters. The largest absolute Gasteiger partial charge is 0.459 e. The van der Waals surface area contributed by atoms with Crippen LogP contribution in [0.4, 0.5) is 0 Å². The summed E-state index contributed by atoms with van der Waals surface area (Å²) in [6.45, 7) is 21.7. The smallest absolute Gasteiger partial charge is 0.311 e. The molecule has 4 aliphatic heterocycles. The molecule has 19 atom stereocenters. The van der Waals surface area contributed by atoms with E-state index in [1.165, 1.54) is 14.0 Å². The van der Waals surface area contributed by atoms with E-state index in [1.807, 2.05) is 53.5 Å². The number of amidine groups is 1. The SMILES string of the molecule is CC[C@H]1OC(=O)[C@H](C)C(O[C@H]2C[C@@](C)(OC)[C@@H](O)[C@H](C)O2)[C@H](C)[C@@H](O[C@@H]2O[C@H](C)C[C@H]3[C@H]2OC(=NC(C)C)N3C)[C@](C)(OC)C[C@@H](C)[C@H](O)[C@H](C)C(O)[C@]1(C)O. The topological polar surface area (TPSA) is 187 Å². The monoisotopic (exact) mass is 803 g/mol. The maximum Gasteiger partial charge on any atom is 0.311 e. The Hall–Kier alpha value is -1.66. The molecule has 4 saturated heterocycles. The van der Waals surface area contributed by atoms with Gasteiger partial charge in [0.05, 0.1) is 59.8 Å². The van der Waals surface area contributed by atoms with Gasteiger partial charge in [0.2, 0.25) is 0 Å². The van der Waals surface area contributed by atoms with Crippen molar-refractivity contribution in [3.8, 4) is 0 Å². The molecule has 0 bridgehead atoms. The lowest BCUT2D eigenvalue weighted by Crippen LogP contribution is -2.61. The van der Waals surface area contributed by atoms with E-state index in [0.717, 1.165) is 0 Å². The van der Waals surface area contributed by atoms with Crippen LogP contribution in [0, 0.1) is 23.7 Å². The van der Waals surface area contributed by atoms with Crippen LogP contribution >= 0.6 is 0 Å². The number of esters is 1.